The van der Waals surface area contributed by atoms with Crippen molar-refractivity contribution >= 4 is 49.9 Å². The van der Waals surface area contributed by atoms with Gasteiger partial charge in [-0.3, -0.25) is 0 Å². The van der Waals surface area contributed by atoms with Gasteiger partial charge < -0.3 is 0 Å². The summed E-state index contributed by atoms with van der Waals surface area (Å²) in [6, 6.07) is 11.3. The van der Waals surface area contributed by atoms with Crippen LogP contribution in [0.25, 0.3) is 0 Å². The van der Waals surface area contributed by atoms with Gasteiger partial charge in [0.25, 0.3) is 0 Å². The van der Waals surface area contributed by atoms with Gasteiger partial charge in [0, 0.05) is 0 Å². The van der Waals surface area contributed by atoms with Gasteiger partial charge in [-0.05, 0) is 0 Å². The predicted octanol–water partition coefficient (Wildman–Crippen LogP) is 5.62. The maximum atomic E-state index is 7.71. The number of nitrogens with zero attached hydrogens (tertiary/aromatic N) is 1. The molecular formula is C22H43NO2SiSn2. The molecule has 0 aliphatic carbocycles. The fourth-order valence-electron chi connectivity index (χ4n) is 5.05. The third kappa shape index (κ3) is 5.39. The summed E-state index contributed by atoms with van der Waals surface area (Å²) in [5, 5.41) is 0. The van der Waals surface area contributed by atoms with Gasteiger partial charge in [-0.1, -0.05) is 0 Å². The van der Waals surface area contributed by atoms with Crippen molar-refractivity contribution in [3.8, 4) is 0 Å². The van der Waals surface area contributed by atoms with Crippen LogP contribution in [0.15, 0.2) is 30.3 Å². The molecular weight excluding hydrogens is 576 g/mol. The third-order valence-electron chi connectivity index (χ3n) is 5.93. The second-order valence-corrected chi connectivity index (χ2v) is 45.7. The van der Waals surface area contributed by atoms with E-state index in [2.05, 4.69) is 104 Å². The van der Waals surface area contributed by atoms with Crippen LogP contribution in [0, 0.1) is 0 Å². The molecule has 3 nitrogen and oxygen atoms in total. The van der Waals surface area contributed by atoms with Crippen molar-refractivity contribution in [1.29, 1.82) is 0 Å². The van der Waals surface area contributed by atoms with Crippen molar-refractivity contribution in [3.63, 3.8) is 0 Å². The zero-order chi connectivity index (χ0) is 21.4. The Balaban J connectivity index is 2.63. The molecule has 0 bridgehead atoms. The Morgan fingerprint density at radius 1 is 0.964 bits per heavy atom. The Morgan fingerprint density at radius 3 is 1.96 bits per heavy atom. The first kappa shape index (κ1) is 25.2. The average Bonchev–Trinajstić information content (AvgIpc) is 2.51. The molecule has 0 saturated carbocycles. The van der Waals surface area contributed by atoms with E-state index in [1.54, 1.807) is 3.58 Å². The average molecular weight is 619 g/mol. The van der Waals surface area contributed by atoms with E-state index in [1.807, 2.05) is 0 Å². The van der Waals surface area contributed by atoms with Crippen molar-refractivity contribution in [2.75, 3.05) is 20.6 Å². The van der Waals surface area contributed by atoms with Crippen LogP contribution in [0.3, 0.4) is 0 Å². The quantitative estimate of drug-likeness (QED) is 0.400. The van der Waals surface area contributed by atoms with Crippen molar-refractivity contribution in [1.82, 2.24) is 4.90 Å². The molecule has 0 aromatic heterocycles. The van der Waals surface area contributed by atoms with Crippen LogP contribution in [0.4, 0.5) is 0 Å². The number of hydrogen-bond donors (Lipinski definition) is 0. The normalized spacial score (nSPS) is 25.1. The zero-order valence-electron chi connectivity index (χ0n) is 20.0. The molecule has 160 valence electrons. The number of rotatable bonds is 5. The predicted molar refractivity (Wildman–Crippen MR) is 129 cm³/mol. The van der Waals surface area contributed by atoms with Crippen LogP contribution < -0.4 is 3.58 Å². The molecule has 0 N–H and O–H groups in total. The van der Waals surface area contributed by atoms with Crippen LogP contribution in [0.2, 0.25) is 28.5 Å². The fourth-order valence-corrected chi connectivity index (χ4v) is 89.6. The van der Waals surface area contributed by atoms with Gasteiger partial charge >= 0.3 is 186 Å². The summed E-state index contributed by atoms with van der Waals surface area (Å²) < 4.78 is 19.3. The molecule has 1 atom stereocenters. The van der Waals surface area contributed by atoms with Crippen LogP contribution >= 0.6 is 0 Å². The van der Waals surface area contributed by atoms with Crippen molar-refractivity contribution in [2.45, 2.75) is 76.4 Å². The van der Waals surface area contributed by atoms with Gasteiger partial charge in [0.2, 0.25) is 0 Å². The summed E-state index contributed by atoms with van der Waals surface area (Å²) in [5.74, 6) is 0. The summed E-state index contributed by atoms with van der Waals surface area (Å²) >= 11 is -6.55. The standard InChI is InChI=1S/C6H5.C5H12N.2C4H9.C3H8OSi.O.2Sn/c1-2-4-6-5-3-1;1-4-5-6(2)3;2*1-4(2)3;1-5(2,3)4;;;/h1-5H;1,4-5H2,2-3H3;2*1-3H3;1H2,2-3H3;;;/q;;;;-1;;;+1. The van der Waals surface area contributed by atoms with Gasteiger partial charge in [-0.15, -0.1) is 0 Å². The fraction of sp³-hybridized carbons (Fsp3) is 0.727. The van der Waals surface area contributed by atoms with E-state index in [1.165, 1.54) is 14.9 Å². The minimum absolute atomic E-state index is 0.121. The molecule has 2 rings (SSSR count). The van der Waals surface area contributed by atoms with Crippen LogP contribution in [0.1, 0.15) is 48.0 Å². The molecule has 0 radical (unpaired) electrons. The van der Waals surface area contributed by atoms with Gasteiger partial charge in [-0.25, -0.2) is 0 Å². The van der Waals surface area contributed by atoms with Crippen LogP contribution in [-0.2, 0) is 4.17 Å². The molecule has 0 spiro atoms. The Bertz CT molecular complexity index is 639. The molecule has 6 heteroatoms. The second-order valence-electron chi connectivity index (χ2n) is 11.5. The first-order valence-electron chi connectivity index (χ1n) is 10.7. The zero-order valence-corrected chi connectivity index (χ0v) is 26.7. The Morgan fingerprint density at radius 2 is 1.50 bits per heavy atom. The van der Waals surface area contributed by atoms with Crippen molar-refractivity contribution in [3.05, 3.63) is 30.3 Å². The van der Waals surface area contributed by atoms with Gasteiger partial charge in [0.15, 0.2) is 0 Å². The van der Waals surface area contributed by atoms with E-state index in [4.69, 9.17) is 4.17 Å². The summed E-state index contributed by atoms with van der Waals surface area (Å²) in [5.41, 5.74) is 0. The summed E-state index contributed by atoms with van der Waals surface area (Å²) in [6.07, 6.45) is 1.23. The minimum atomic E-state index is -3.46. The molecule has 1 unspecified atom stereocenters. The van der Waals surface area contributed by atoms with Crippen LogP contribution in [-0.4, -0.2) is 71.9 Å². The Hall–Kier alpha value is 0.914. The molecule has 1 aromatic rings. The van der Waals surface area contributed by atoms with Gasteiger partial charge in [-0.2, -0.15) is 0 Å². The van der Waals surface area contributed by atoms with E-state index in [-0.39, 0.29) is 6.86 Å². The molecule has 1 heterocycles. The SMILES string of the molecule is CN(C)CC[CH2][Sn]1([c]2ccccc2)[CH2][Si](C)(C)[O][Sn]([C](C)(C)C)([C](C)(C)C)[O]1. The molecule has 0 amide bonds. The monoisotopic (exact) mass is 621 g/mol. The summed E-state index contributed by atoms with van der Waals surface area (Å²) in [7, 11) is 2.57. The topological polar surface area (TPSA) is 21.7 Å². The van der Waals surface area contributed by atoms with Gasteiger partial charge in [0.05, 0.1) is 0 Å². The van der Waals surface area contributed by atoms with Gasteiger partial charge in [0.1, 0.15) is 0 Å². The molecule has 28 heavy (non-hydrogen) atoms. The maximum absolute atomic E-state index is 7.71. The third-order valence-corrected chi connectivity index (χ3v) is 61.0. The second kappa shape index (κ2) is 8.81. The van der Waals surface area contributed by atoms with E-state index < -0.39 is 46.3 Å². The van der Waals surface area contributed by atoms with Crippen molar-refractivity contribution in [2.24, 2.45) is 0 Å². The summed E-state index contributed by atoms with van der Waals surface area (Å²) in [6.45, 7) is 20.5. The van der Waals surface area contributed by atoms with Crippen molar-refractivity contribution < 1.29 is 4.17 Å². The Labute approximate surface area is 185 Å². The number of hydrogen-bond acceptors (Lipinski definition) is 3. The van der Waals surface area contributed by atoms with Crippen LogP contribution in [0.5, 0.6) is 0 Å². The Kier molecular flexibility index (Phi) is 7.92. The number of benzene rings is 1. The molecule has 1 aromatic carbocycles. The molecule has 1 aliphatic heterocycles. The molecule has 1 fully saturated rings. The van der Waals surface area contributed by atoms with E-state index in [9.17, 15) is 0 Å². The first-order chi connectivity index (χ1) is 12.6. The van der Waals surface area contributed by atoms with E-state index in [0.29, 0.717) is 0 Å². The molecule has 1 saturated heterocycles. The van der Waals surface area contributed by atoms with E-state index >= 15 is 0 Å². The molecule has 1 aliphatic rings. The first-order valence-corrected chi connectivity index (χ1v) is 25.7. The summed E-state index contributed by atoms with van der Waals surface area (Å²) in [4.78, 5) is 2.32. The van der Waals surface area contributed by atoms with E-state index in [0.717, 1.165) is 6.54 Å².